The number of nitrogens with zero attached hydrogens (tertiary/aromatic N) is 1. The topological polar surface area (TPSA) is 60.0 Å². The minimum absolute atomic E-state index is 0.278. The number of ether oxygens (including phenoxy) is 1. The molecule has 2 aromatic rings. The summed E-state index contributed by atoms with van der Waals surface area (Å²) in [7, 11) is -0.0498. The van der Waals surface area contributed by atoms with E-state index in [0.717, 1.165) is 5.69 Å². The van der Waals surface area contributed by atoms with E-state index >= 15 is 0 Å². The molecule has 0 saturated carbocycles. The van der Waals surface area contributed by atoms with Crippen LogP contribution in [0.3, 0.4) is 0 Å². The van der Waals surface area contributed by atoms with Crippen LogP contribution in [0, 0.1) is 0 Å². The number of hydrogen-bond acceptors (Lipinski definition) is 6. The molecule has 2 rings (SSSR count). The molecule has 0 fully saturated rings. The number of alkyl halides is 4. The zero-order valence-electron chi connectivity index (χ0n) is 20.0. The first kappa shape index (κ1) is 28.3. The Morgan fingerprint density at radius 2 is 1.56 bits per heavy atom. The van der Waals surface area contributed by atoms with E-state index in [-0.39, 0.29) is 11.4 Å². The van der Waals surface area contributed by atoms with Gasteiger partial charge in [0.05, 0.1) is 12.2 Å². The lowest BCUT2D eigenvalue weighted by Gasteiger charge is -2.31. The van der Waals surface area contributed by atoms with Crippen LogP contribution in [0.4, 0.5) is 24.5 Å². The Morgan fingerprint density at radius 1 is 1.00 bits per heavy atom. The second kappa shape index (κ2) is 11.7. The van der Waals surface area contributed by atoms with Crippen molar-refractivity contribution in [3.8, 4) is 5.75 Å². The van der Waals surface area contributed by atoms with Gasteiger partial charge in [0.2, 0.25) is 0 Å². The molecule has 0 amide bonds. The van der Waals surface area contributed by atoms with E-state index in [9.17, 15) is 17.7 Å². The summed E-state index contributed by atoms with van der Waals surface area (Å²) in [5, 5.41) is 3.07. The van der Waals surface area contributed by atoms with Gasteiger partial charge in [0, 0.05) is 31.5 Å². The summed E-state index contributed by atoms with van der Waals surface area (Å²) in [6.45, 7) is 6.94. The molecule has 11 heteroatoms. The van der Waals surface area contributed by atoms with Crippen molar-refractivity contribution in [1.82, 2.24) is 0 Å². The lowest BCUT2D eigenvalue weighted by molar-refractivity contribution is -0.199. The first-order valence-electron chi connectivity index (χ1n) is 10.7. The Morgan fingerprint density at radius 3 is 2.03 bits per heavy atom. The first-order chi connectivity index (χ1) is 15.7. The van der Waals surface area contributed by atoms with Gasteiger partial charge in [-0.1, -0.05) is 29.8 Å². The second-order valence-corrected chi connectivity index (χ2v) is 10.8. The summed E-state index contributed by atoms with van der Waals surface area (Å²) >= 11 is 4.88. The number of rotatable bonds is 12. The third-order valence-corrected chi connectivity index (χ3v) is 7.15. The quantitative estimate of drug-likeness (QED) is 0.231. The average Bonchev–Trinajstić information content (AvgIpc) is 2.70. The molecular formula is C23H31ClF3N2O4P. The van der Waals surface area contributed by atoms with Crippen molar-refractivity contribution in [1.29, 1.82) is 0 Å². The van der Waals surface area contributed by atoms with Crippen molar-refractivity contribution in [2.24, 2.45) is 0 Å². The third-order valence-electron chi connectivity index (χ3n) is 4.40. The van der Waals surface area contributed by atoms with Crippen molar-refractivity contribution < 1.29 is 31.5 Å². The molecule has 2 atom stereocenters. The molecule has 34 heavy (non-hydrogen) atoms. The highest BCUT2D eigenvalue weighted by atomic mass is 35.5. The SMILES string of the molecule is CC(C)OP(=O)(OC(C)C)C(Nc1cccc(OC(F)(F)C(F)Cl)c1)c1ccc(N(C)C)cc1. The molecule has 2 aromatic carbocycles. The van der Waals surface area contributed by atoms with Crippen molar-refractivity contribution in [2.75, 3.05) is 24.3 Å². The highest BCUT2D eigenvalue weighted by Crippen LogP contribution is 2.62. The van der Waals surface area contributed by atoms with Gasteiger partial charge in [0.15, 0.2) is 5.78 Å². The fraction of sp³-hybridized carbons (Fsp3) is 0.478. The number of anilines is 2. The van der Waals surface area contributed by atoms with E-state index in [4.69, 9.17) is 20.6 Å². The van der Waals surface area contributed by atoms with Crippen LogP contribution in [0.25, 0.3) is 0 Å². The monoisotopic (exact) mass is 522 g/mol. The number of benzene rings is 2. The van der Waals surface area contributed by atoms with Crippen LogP contribution in [-0.4, -0.2) is 38.0 Å². The molecule has 0 aliphatic carbocycles. The lowest BCUT2D eigenvalue weighted by atomic mass is 10.2. The highest BCUT2D eigenvalue weighted by molar-refractivity contribution is 7.54. The Balaban J connectivity index is 2.50. The summed E-state index contributed by atoms with van der Waals surface area (Å²) in [4.78, 5) is 1.91. The van der Waals surface area contributed by atoms with Gasteiger partial charge in [-0.3, -0.25) is 4.57 Å². The third kappa shape index (κ3) is 7.80. The van der Waals surface area contributed by atoms with Crippen LogP contribution >= 0.6 is 19.2 Å². The molecule has 0 aliphatic rings. The van der Waals surface area contributed by atoms with Crippen LogP contribution in [0.1, 0.15) is 39.0 Å². The summed E-state index contributed by atoms with van der Waals surface area (Å²) in [6, 6.07) is 12.7. The molecule has 190 valence electrons. The molecule has 2 unspecified atom stereocenters. The van der Waals surface area contributed by atoms with Crippen molar-refractivity contribution in [3.05, 3.63) is 54.1 Å². The molecule has 0 spiro atoms. The maximum Gasteiger partial charge on any atom is 0.444 e. The zero-order chi connectivity index (χ0) is 25.7. The smallest absolute Gasteiger partial charge is 0.429 e. The van der Waals surface area contributed by atoms with Gasteiger partial charge in [-0.2, -0.15) is 8.78 Å². The molecule has 6 nitrogen and oxygen atoms in total. The summed E-state index contributed by atoms with van der Waals surface area (Å²) in [5.74, 6) is -1.31. The van der Waals surface area contributed by atoms with Gasteiger partial charge in [0.25, 0.3) is 5.63 Å². The summed E-state index contributed by atoms with van der Waals surface area (Å²) < 4.78 is 70.3. The Bertz CT molecular complexity index is 961. The Labute approximate surface area is 203 Å². The molecule has 0 heterocycles. The Kier molecular flexibility index (Phi) is 9.71. The minimum atomic E-state index is -4.22. The van der Waals surface area contributed by atoms with E-state index < -0.39 is 37.3 Å². The molecule has 0 saturated heterocycles. The lowest BCUT2D eigenvalue weighted by Crippen LogP contribution is -2.32. The van der Waals surface area contributed by atoms with E-state index in [0.29, 0.717) is 5.56 Å². The maximum absolute atomic E-state index is 14.0. The van der Waals surface area contributed by atoms with Crippen LogP contribution in [0.5, 0.6) is 5.75 Å². The van der Waals surface area contributed by atoms with E-state index in [1.807, 2.05) is 31.1 Å². The van der Waals surface area contributed by atoms with Gasteiger partial charge < -0.3 is 24.0 Å². The summed E-state index contributed by atoms with van der Waals surface area (Å²) in [5.41, 5.74) is -1.23. The number of halogens is 4. The fourth-order valence-corrected chi connectivity index (χ4v) is 5.40. The van der Waals surface area contributed by atoms with Gasteiger partial charge in [-0.15, -0.1) is 0 Å². The Hall–Kier alpha value is -1.93. The highest BCUT2D eigenvalue weighted by Gasteiger charge is 2.42. The molecular weight excluding hydrogens is 492 g/mol. The fourth-order valence-electron chi connectivity index (χ4n) is 3.04. The standard InChI is InChI=1S/C23H31ClF3N2O4P/c1-15(2)32-34(30,33-16(3)4)21(17-10-12-19(13-11-17)29(5)6)28-18-8-7-9-20(14-18)31-23(26,27)22(24)25/h7-16,21-22,28H,1-6H3. The normalized spacial score (nSPS) is 14.2. The predicted molar refractivity (Wildman–Crippen MR) is 130 cm³/mol. The molecule has 0 radical (unpaired) electrons. The average molecular weight is 523 g/mol. The van der Waals surface area contributed by atoms with Crippen molar-refractivity contribution in [2.45, 2.75) is 57.4 Å². The first-order valence-corrected chi connectivity index (χ1v) is 12.7. The maximum atomic E-state index is 14.0. The molecule has 0 bridgehead atoms. The van der Waals surface area contributed by atoms with Crippen LogP contribution in [0.2, 0.25) is 0 Å². The van der Waals surface area contributed by atoms with Gasteiger partial charge in [-0.25, -0.2) is 4.39 Å². The molecule has 1 N–H and O–H groups in total. The van der Waals surface area contributed by atoms with Crippen molar-refractivity contribution >= 4 is 30.6 Å². The van der Waals surface area contributed by atoms with E-state index in [2.05, 4.69) is 10.1 Å². The second-order valence-electron chi connectivity index (χ2n) is 8.37. The van der Waals surface area contributed by atoms with Gasteiger partial charge in [-0.05, 0) is 57.5 Å². The van der Waals surface area contributed by atoms with E-state index in [1.54, 1.807) is 45.9 Å². The van der Waals surface area contributed by atoms with Crippen LogP contribution < -0.4 is 15.0 Å². The minimum Gasteiger partial charge on any atom is -0.429 e. The zero-order valence-corrected chi connectivity index (χ0v) is 21.6. The van der Waals surface area contributed by atoms with E-state index in [1.165, 1.54) is 18.2 Å². The number of hydrogen-bond donors (Lipinski definition) is 1. The summed E-state index contributed by atoms with van der Waals surface area (Å²) in [6.07, 6.45) is -5.07. The molecule has 0 aliphatic heterocycles. The van der Waals surface area contributed by atoms with Crippen molar-refractivity contribution in [3.63, 3.8) is 0 Å². The number of nitrogens with one attached hydrogen (secondary N) is 1. The van der Waals surface area contributed by atoms with Gasteiger partial charge >= 0.3 is 13.7 Å². The largest absolute Gasteiger partial charge is 0.444 e. The van der Waals surface area contributed by atoms with Crippen LogP contribution in [-0.2, 0) is 13.6 Å². The predicted octanol–water partition coefficient (Wildman–Crippen LogP) is 7.41. The van der Waals surface area contributed by atoms with Gasteiger partial charge in [0.1, 0.15) is 5.75 Å². The van der Waals surface area contributed by atoms with Crippen LogP contribution in [0.15, 0.2) is 48.5 Å². The molecule has 0 aromatic heterocycles.